The summed E-state index contributed by atoms with van der Waals surface area (Å²) in [4.78, 5) is 5.29. The van der Waals surface area contributed by atoms with Crippen LogP contribution in [0, 0.1) is 10.8 Å². The number of amidine groups is 1. The summed E-state index contributed by atoms with van der Waals surface area (Å²) in [5, 5.41) is 22.5. The maximum atomic E-state index is 8.19. The Hall–Kier alpha value is -3.13. The summed E-state index contributed by atoms with van der Waals surface area (Å²) in [7, 11) is 0. The van der Waals surface area contributed by atoms with E-state index in [0.717, 1.165) is 11.1 Å². The second kappa shape index (κ2) is 14.8. The number of rotatable bonds is 7. The van der Waals surface area contributed by atoms with Crippen molar-refractivity contribution in [2.24, 2.45) is 16.0 Å². The zero-order chi connectivity index (χ0) is 22.5. The third kappa shape index (κ3) is 9.48. The molecule has 2 rings (SSSR count). The van der Waals surface area contributed by atoms with Gasteiger partial charge in [0.2, 0.25) is 5.90 Å². The van der Waals surface area contributed by atoms with Gasteiger partial charge in [0, 0.05) is 31.0 Å². The van der Waals surface area contributed by atoms with E-state index in [0.29, 0.717) is 27.8 Å². The smallest absolute Gasteiger partial charge is 0.213 e. The van der Waals surface area contributed by atoms with Crippen molar-refractivity contribution in [3.05, 3.63) is 89.6 Å². The summed E-state index contributed by atoms with van der Waals surface area (Å²) in [6.07, 6.45) is 0. The molecular formula is C18H20Cl3N9O. The monoisotopic (exact) mass is 483 g/mol. The second-order valence-electron chi connectivity index (χ2n) is 5.57. The molecule has 2 aromatic rings. The van der Waals surface area contributed by atoms with Crippen molar-refractivity contribution in [3.8, 4) is 0 Å². The fourth-order valence-electron chi connectivity index (χ4n) is 2.10. The minimum absolute atomic E-state index is 0. The van der Waals surface area contributed by atoms with Crippen LogP contribution in [0.15, 0.2) is 46.6 Å². The van der Waals surface area contributed by atoms with Gasteiger partial charge in [0.1, 0.15) is 5.84 Å². The lowest BCUT2D eigenvalue weighted by atomic mass is 10.1. The Balaban J connectivity index is 0.000000567. The van der Waals surface area contributed by atoms with Crippen LogP contribution in [-0.4, -0.2) is 18.3 Å². The van der Waals surface area contributed by atoms with Crippen LogP contribution >= 0.6 is 35.6 Å². The predicted molar refractivity (Wildman–Crippen MR) is 125 cm³/mol. The topological polar surface area (TPSA) is 180 Å². The average Bonchev–Trinajstić information content (AvgIpc) is 2.72. The average molecular weight is 485 g/mol. The van der Waals surface area contributed by atoms with Crippen molar-refractivity contribution >= 4 is 47.3 Å². The van der Waals surface area contributed by atoms with E-state index < -0.39 is 0 Å². The maximum absolute atomic E-state index is 8.19. The Morgan fingerprint density at radius 2 is 1.42 bits per heavy atom. The van der Waals surface area contributed by atoms with E-state index in [1.165, 1.54) is 0 Å². The number of halogens is 3. The lowest BCUT2D eigenvalue weighted by Gasteiger charge is -2.07. The zero-order valence-electron chi connectivity index (χ0n) is 16.4. The van der Waals surface area contributed by atoms with E-state index >= 15 is 0 Å². The number of nitrogens with one attached hydrogen (secondary N) is 2. The van der Waals surface area contributed by atoms with Crippen LogP contribution in [0.1, 0.15) is 29.2 Å². The Kier molecular flexibility index (Phi) is 13.3. The maximum Gasteiger partial charge on any atom is 0.213 e. The first-order valence-electron chi connectivity index (χ1n) is 8.48. The van der Waals surface area contributed by atoms with Gasteiger partial charge in [-0.1, -0.05) is 51.6 Å². The lowest BCUT2D eigenvalue weighted by Crippen LogP contribution is -2.10. The second-order valence-corrected chi connectivity index (χ2v) is 6.38. The van der Waals surface area contributed by atoms with Gasteiger partial charge in [0.05, 0.1) is 19.7 Å². The summed E-state index contributed by atoms with van der Waals surface area (Å²) < 4.78 is 5.05. The van der Waals surface area contributed by atoms with E-state index in [2.05, 4.69) is 20.1 Å². The summed E-state index contributed by atoms with van der Waals surface area (Å²) in [6.45, 7) is 2.66. The molecule has 0 unspecified atom stereocenters. The van der Waals surface area contributed by atoms with Gasteiger partial charge in [-0.15, -0.1) is 12.4 Å². The van der Waals surface area contributed by atoms with Crippen LogP contribution < -0.4 is 5.73 Å². The van der Waals surface area contributed by atoms with E-state index in [1.807, 2.05) is 6.92 Å². The van der Waals surface area contributed by atoms with Gasteiger partial charge in [0.25, 0.3) is 0 Å². The summed E-state index contributed by atoms with van der Waals surface area (Å²) >= 11 is 11.8. The molecule has 0 bridgehead atoms. The fourth-order valence-corrected chi connectivity index (χ4v) is 2.58. The van der Waals surface area contributed by atoms with Gasteiger partial charge >= 0.3 is 0 Å². The van der Waals surface area contributed by atoms with Gasteiger partial charge in [0.15, 0.2) is 0 Å². The highest BCUT2D eigenvalue weighted by atomic mass is 35.5. The van der Waals surface area contributed by atoms with E-state index in [1.54, 1.807) is 36.4 Å². The van der Waals surface area contributed by atoms with Crippen LogP contribution in [0.5, 0.6) is 0 Å². The molecule has 0 saturated heterocycles. The highest BCUT2D eigenvalue weighted by Crippen LogP contribution is 2.20. The molecule has 0 heterocycles. The van der Waals surface area contributed by atoms with Crippen LogP contribution in [0.3, 0.4) is 0 Å². The molecule has 0 amide bonds. The Morgan fingerprint density at radius 3 is 1.81 bits per heavy atom. The first-order valence-corrected chi connectivity index (χ1v) is 9.24. The van der Waals surface area contributed by atoms with Gasteiger partial charge in [-0.05, 0) is 47.3 Å². The molecule has 0 aliphatic rings. The minimum Gasteiger partial charge on any atom is -0.478 e. The molecule has 164 valence electrons. The van der Waals surface area contributed by atoms with Crippen molar-refractivity contribution < 1.29 is 4.74 Å². The van der Waals surface area contributed by atoms with Gasteiger partial charge in [-0.3, -0.25) is 10.8 Å². The molecule has 2 aromatic carbocycles. The van der Waals surface area contributed by atoms with Crippen LogP contribution in [-0.2, 0) is 17.8 Å². The molecule has 0 radical (unpaired) electrons. The standard InChI is InChI=1S/C10H11ClN4O.C8H8ClN5.ClH/c1-2-16-10(12)7-3-4-8(6-14-15-13)9(11)5-7;9-7-3-5(8(10)11)1-2-6(7)4-13-14-12;/h3-5,12H,2,6H2,1H3;1-3H,4H2,(H3,10,11);1H. The number of ether oxygens (including phenoxy) is 1. The third-order valence-corrected chi connectivity index (χ3v) is 4.28. The molecular weight excluding hydrogens is 465 g/mol. The first-order chi connectivity index (χ1) is 14.3. The van der Waals surface area contributed by atoms with E-state index in [4.69, 9.17) is 55.6 Å². The molecule has 0 aliphatic carbocycles. The quantitative estimate of drug-likeness (QED) is 0.136. The number of azide groups is 2. The van der Waals surface area contributed by atoms with Crippen molar-refractivity contribution in [1.82, 2.24) is 0 Å². The Labute approximate surface area is 195 Å². The van der Waals surface area contributed by atoms with Crippen LogP contribution in [0.4, 0.5) is 0 Å². The van der Waals surface area contributed by atoms with Crippen molar-refractivity contribution in [2.45, 2.75) is 20.0 Å². The highest BCUT2D eigenvalue weighted by Gasteiger charge is 2.06. The molecule has 0 aliphatic heterocycles. The van der Waals surface area contributed by atoms with Gasteiger partial charge < -0.3 is 10.5 Å². The number of benzene rings is 2. The van der Waals surface area contributed by atoms with Crippen LogP contribution in [0.25, 0.3) is 20.9 Å². The van der Waals surface area contributed by atoms with Gasteiger partial charge in [-0.25, -0.2) is 0 Å². The normalized spacial score (nSPS) is 9.00. The molecule has 0 spiro atoms. The number of nitrogen functional groups attached to an aromatic ring is 1. The van der Waals surface area contributed by atoms with E-state index in [-0.39, 0.29) is 37.2 Å². The summed E-state index contributed by atoms with van der Waals surface area (Å²) in [5.41, 5.74) is 24.2. The summed E-state index contributed by atoms with van der Waals surface area (Å²) in [5.74, 6) is 0.0435. The minimum atomic E-state index is -0.0396. The molecule has 13 heteroatoms. The predicted octanol–water partition coefficient (Wildman–Crippen LogP) is 6.37. The Morgan fingerprint density at radius 1 is 0.968 bits per heavy atom. The number of nitrogens with zero attached hydrogens (tertiary/aromatic N) is 6. The van der Waals surface area contributed by atoms with Gasteiger partial charge in [-0.2, -0.15) is 0 Å². The summed E-state index contributed by atoms with van der Waals surface area (Å²) in [6, 6.07) is 9.99. The first kappa shape index (κ1) is 27.9. The van der Waals surface area contributed by atoms with Crippen molar-refractivity contribution in [2.75, 3.05) is 6.61 Å². The molecule has 0 saturated carbocycles. The number of nitrogens with two attached hydrogens (primary N) is 1. The SMILES string of the molecule is CCOC(=N)c1ccc(CN=[N+]=[N-])c(Cl)c1.Cl.[N-]=[N+]=NCc1ccc(C(=N)N)cc1Cl. The number of hydrogen-bond donors (Lipinski definition) is 3. The molecule has 4 N–H and O–H groups in total. The fraction of sp³-hybridized carbons (Fsp3) is 0.222. The van der Waals surface area contributed by atoms with Crippen molar-refractivity contribution in [1.29, 1.82) is 10.8 Å². The highest BCUT2D eigenvalue weighted by molar-refractivity contribution is 6.32. The molecule has 31 heavy (non-hydrogen) atoms. The number of hydrogen-bond acceptors (Lipinski definition) is 5. The molecule has 10 nitrogen and oxygen atoms in total. The third-order valence-electron chi connectivity index (χ3n) is 3.58. The molecule has 0 aromatic heterocycles. The largest absolute Gasteiger partial charge is 0.478 e. The van der Waals surface area contributed by atoms with Crippen molar-refractivity contribution in [3.63, 3.8) is 0 Å². The molecule has 0 fully saturated rings. The van der Waals surface area contributed by atoms with Crippen LogP contribution in [0.2, 0.25) is 10.0 Å². The molecule has 0 atom stereocenters. The Bertz CT molecular complexity index is 1020. The lowest BCUT2D eigenvalue weighted by molar-refractivity contribution is 0.325. The zero-order valence-corrected chi connectivity index (χ0v) is 18.7. The van der Waals surface area contributed by atoms with E-state index in [9.17, 15) is 0 Å².